The maximum absolute atomic E-state index is 5.50. The molecule has 0 aliphatic heterocycles. The van der Waals surface area contributed by atoms with Crippen molar-refractivity contribution in [3.63, 3.8) is 0 Å². The van der Waals surface area contributed by atoms with Crippen molar-refractivity contribution in [2.24, 2.45) is 10.9 Å². The first-order chi connectivity index (χ1) is 30.3. The maximum atomic E-state index is 5.50. The zero-order valence-corrected chi connectivity index (χ0v) is 36.4. The van der Waals surface area contributed by atoms with Gasteiger partial charge in [0.15, 0.2) is 0 Å². The molecule has 0 radical (unpaired) electrons. The summed E-state index contributed by atoms with van der Waals surface area (Å²) in [5, 5.41) is 0. The van der Waals surface area contributed by atoms with Gasteiger partial charge in [0, 0.05) is 17.0 Å². The number of allylic oxidation sites excluding steroid dienone is 1. The molecule has 8 aromatic rings. The number of hydrogen-bond acceptors (Lipinski definition) is 1. The van der Waals surface area contributed by atoms with Crippen molar-refractivity contribution in [2.75, 3.05) is 0 Å². The zero-order chi connectivity index (χ0) is 42.4. The van der Waals surface area contributed by atoms with Crippen LogP contribution in [0.15, 0.2) is 211 Å². The number of hydrogen-bond donors (Lipinski definition) is 0. The highest BCUT2D eigenvalue weighted by atomic mass is 14.8. The smallest absolute Gasteiger partial charge is 0.0713 e. The Morgan fingerprint density at radius 3 is 1.61 bits per heavy atom. The third-order valence-electron chi connectivity index (χ3n) is 14.0. The standard InChI is InChI=1S/C61H53N/c1-6-41(2)50(40-59(44-25-13-8-14-26-44)62-42(3)43-23-11-7-12-24-43)52-39-58-54(38-51(52)45-35-36-56-53(37-45)48-31-19-21-33-55(48)60(56,4)5)49-32-20-22-34-57(49)61(58,46-27-15-9-16-28-46)47-29-17-10-18-30-47/h7-41,50H,6H2,1-5H3/b59-40-,62-42+. The minimum absolute atomic E-state index is 0.0350. The van der Waals surface area contributed by atoms with Gasteiger partial charge in [-0.3, -0.25) is 4.99 Å². The number of aliphatic imine (C=N–C) groups is 1. The van der Waals surface area contributed by atoms with Crippen LogP contribution in [-0.2, 0) is 10.8 Å². The van der Waals surface area contributed by atoms with Gasteiger partial charge in [0.1, 0.15) is 0 Å². The zero-order valence-electron chi connectivity index (χ0n) is 36.4. The SMILES string of the molecule is CCC(C)C(/C=C(\N=C(/C)c1ccccc1)c1ccccc1)c1cc2c(cc1-c1ccc3c(c1)-c1ccccc1C3(C)C)-c1ccccc1C2(c1ccccc1)c1ccccc1. The van der Waals surface area contributed by atoms with Crippen molar-refractivity contribution in [2.45, 2.75) is 57.8 Å². The van der Waals surface area contributed by atoms with Gasteiger partial charge in [-0.05, 0) is 108 Å². The molecule has 0 saturated carbocycles. The minimum Gasteiger partial charge on any atom is -0.253 e. The van der Waals surface area contributed by atoms with Gasteiger partial charge in [0.05, 0.1) is 11.1 Å². The first-order valence-electron chi connectivity index (χ1n) is 22.3. The summed E-state index contributed by atoms with van der Waals surface area (Å²) >= 11 is 0. The molecule has 62 heavy (non-hydrogen) atoms. The van der Waals surface area contributed by atoms with Crippen LogP contribution in [0.4, 0.5) is 0 Å². The molecule has 0 amide bonds. The van der Waals surface area contributed by atoms with Crippen molar-refractivity contribution in [1.82, 2.24) is 0 Å². The van der Waals surface area contributed by atoms with Gasteiger partial charge >= 0.3 is 0 Å². The van der Waals surface area contributed by atoms with E-state index in [1.807, 2.05) is 0 Å². The number of rotatable bonds is 10. The third-order valence-corrected chi connectivity index (χ3v) is 14.0. The van der Waals surface area contributed by atoms with Gasteiger partial charge in [-0.1, -0.05) is 228 Å². The Hall–Kier alpha value is -6.83. The van der Waals surface area contributed by atoms with Gasteiger partial charge in [-0.15, -0.1) is 0 Å². The highest BCUT2D eigenvalue weighted by molar-refractivity contribution is 6.02. The van der Waals surface area contributed by atoms with Gasteiger partial charge in [-0.25, -0.2) is 0 Å². The lowest BCUT2D eigenvalue weighted by atomic mass is 9.66. The molecule has 302 valence electrons. The largest absolute Gasteiger partial charge is 0.253 e. The van der Waals surface area contributed by atoms with E-state index in [-0.39, 0.29) is 11.3 Å². The molecule has 0 saturated heterocycles. The summed E-state index contributed by atoms with van der Waals surface area (Å²) in [6, 6.07) is 74.3. The monoisotopic (exact) mass is 799 g/mol. The molecule has 0 spiro atoms. The first-order valence-corrected chi connectivity index (χ1v) is 22.3. The van der Waals surface area contributed by atoms with Crippen molar-refractivity contribution >= 4 is 11.4 Å². The molecule has 8 aromatic carbocycles. The Morgan fingerprint density at radius 1 is 0.500 bits per heavy atom. The normalized spacial score (nSPS) is 15.6. The lowest BCUT2D eigenvalue weighted by Gasteiger charge is -2.35. The fourth-order valence-corrected chi connectivity index (χ4v) is 10.6. The van der Waals surface area contributed by atoms with Crippen LogP contribution in [0.5, 0.6) is 0 Å². The second-order valence-corrected chi connectivity index (χ2v) is 17.8. The Labute approximate surface area is 368 Å². The fourth-order valence-electron chi connectivity index (χ4n) is 10.6. The van der Waals surface area contributed by atoms with Crippen LogP contribution in [0.1, 0.15) is 97.0 Å². The number of benzene rings is 8. The molecule has 2 aliphatic carbocycles. The topological polar surface area (TPSA) is 12.4 Å². The van der Waals surface area contributed by atoms with E-state index in [0.29, 0.717) is 5.92 Å². The molecule has 2 atom stereocenters. The molecule has 0 N–H and O–H groups in total. The molecule has 1 nitrogen and oxygen atoms in total. The molecule has 2 aliphatic rings. The van der Waals surface area contributed by atoms with E-state index in [4.69, 9.17) is 4.99 Å². The summed E-state index contributed by atoms with van der Waals surface area (Å²) in [7, 11) is 0. The van der Waals surface area contributed by atoms with Crippen LogP contribution in [0.25, 0.3) is 39.1 Å². The maximum Gasteiger partial charge on any atom is 0.0713 e. The predicted molar refractivity (Wildman–Crippen MR) is 262 cm³/mol. The van der Waals surface area contributed by atoms with Gasteiger partial charge in [0.2, 0.25) is 0 Å². The summed E-state index contributed by atoms with van der Waals surface area (Å²) in [5.74, 6) is 0.339. The highest BCUT2D eigenvalue weighted by Crippen LogP contribution is 2.58. The average Bonchev–Trinajstić information content (AvgIpc) is 3.75. The van der Waals surface area contributed by atoms with Gasteiger partial charge < -0.3 is 0 Å². The minimum atomic E-state index is -0.517. The molecule has 1 heteroatoms. The highest BCUT2D eigenvalue weighted by Gasteiger charge is 2.47. The van der Waals surface area contributed by atoms with Crippen LogP contribution in [0, 0.1) is 5.92 Å². The van der Waals surface area contributed by atoms with Crippen LogP contribution < -0.4 is 0 Å². The lowest BCUT2D eigenvalue weighted by Crippen LogP contribution is -2.28. The number of fused-ring (bicyclic) bond motifs is 6. The molecule has 0 aromatic heterocycles. The predicted octanol–water partition coefficient (Wildman–Crippen LogP) is 15.7. The summed E-state index contributed by atoms with van der Waals surface area (Å²) in [5.41, 5.74) is 20.7. The van der Waals surface area contributed by atoms with E-state index < -0.39 is 5.41 Å². The number of nitrogens with zero attached hydrogens (tertiary/aromatic N) is 1. The molecule has 2 unspecified atom stereocenters. The van der Waals surface area contributed by atoms with Crippen molar-refractivity contribution in [3.05, 3.63) is 256 Å². The van der Waals surface area contributed by atoms with Crippen LogP contribution in [0.3, 0.4) is 0 Å². The Balaban J connectivity index is 1.30. The van der Waals surface area contributed by atoms with E-state index in [1.54, 1.807) is 0 Å². The molecular formula is C61H53N. The van der Waals surface area contributed by atoms with Crippen LogP contribution in [-0.4, -0.2) is 5.71 Å². The Bertz CT molecular complexity index is 2930. The lowest BCUT2D eigenvalue weighted by molar-refractivity contribution is 0.507. The molecule has 10 rings (SSSR count). The Morgan fingerprint density at radius 2 is 1.00 bits per heavy atom. The summed E-state index contributed by atoms with van der Waals surface area (Å²) in [6.07, 6.45) is 3.50. The quantitative estimate of drug-likeness (QED) is 0.122. The van der Waals surface area contributed by atoms with Gasteiger partial charge in [-0.2, -0.15) is 0 Å². The summed E-state index contributed by atoms with van der Waals surface area (Å²) < 4.78 is 0. The van der Waals surface area contributed by atoms with Crippen molar-refractivity contribution in [3.8, 4) is 33.4 Å². The van der Waals surface area contributed by atoms with E-state index in [1.165, 1.54) is 72.3 Å². The van der Waals surface area contributed by atoms with E-state index in [9.17, 15) is 0 Å². The third kappa shape index (κ3) is 6.42. The second kappa shape index (κ2) is 15.9. The second-order valence-electron chi connectivity index (χ2n) is 17.8. The van der Waals surface area contributed by atoms with E-state index in [0.717, 1.165) is 29.0 Å². The molecule has 0 bridgehead atoms. The summed E-state index contributed by atoms with van der Waals surface area (Å²) in [6.45, 7) is 11.6. The molecule has 0 fully saturated rings. The van der Waals surface area contributed by atoms with E-state index >= 15 is 0 Å². The van der Waals surface area contributed by atoms with Crippen molar-refractivity contribution < 1.29 is 0 Å². The van der Waals surface area contributed by atoms with Crippen molar-refractivity contribution in [1.29, 1.82) is 0 Å². The summed E-state index contributed by atoms with van der Waals surface area (Å²) in [4.78, 5) is 5.50. The van der Waals surface area contributed by atoms with Crippen LogP contribution in [0.2, 0.25) is 0 Å². The molecule has 0 heterocycles. The average molecular weight is 800 g/mol. The van der Waals surface area contributed by atoms with Gasteiger partial charge in [0.25, 0.3) is 0 Å². The van der Waals surface area contributed by atoms with E-state index in [2.05, 4.69) is 241 Å². The Kier molecular flexibility index (Phi) is 10.1. The first kappa shape index (κ1) is 39.3. The fraction of sp³-hybridized carbons (Fsp3) is 0.164. The van der Waals surface area contributed by atoms with Crippen LogP contribution >= 0.6 is 0 Å². The molecular weight excluding hydrogens is 747 g/mol.